The number of methoxy groups -OCH3 is 2. The summed E-state index contributed by atoms with van der Waals surface area (Å²) in [7, 11) is 7.20. The maximum atomic E-state index is 10.4. The first kappa shape index (κ1) is 38.7. The molecule has 44 heavy (non-hydrogen) atoms. The van der Waals surface area contributed by atoms with Crippen LogP contribution in [0.4, 0.5) is 0 Å². The largest absolute Gasteiger partial charge is 0.496 e. The number of unbranched alkanes of at least 4 members (excludes halogenated alkanes) is 6. The predicted molar refractivity (Wildman–Crippen MR) is 189 cm³/mol. The molecule has 0 aromatic heterocycles. The maximum Gasteiger partial charge on any atom is 0.124 e. The second kappa shape index (κ2) is 26.7. The molecule has 0 spiro atoms. The molecule has 2 atom stereocenters. The van der Waals surface area contributed by atoms with Gasteiger partial charge in [0, 0.05) is 48.8 Å². The molecule has 2 aromatic rings. The van der Waals surface area contributed by atoms with Crippen LogP contribution in [0.3, 0.4) is 0 Å². The Labute approximate surface area is 274 Å². The predicted octanol–water partition coefficient (Wildman–Crippen LogP) is 5.33. The molecule has 10 heteroatoms. The zero-order chi connectivity index (χ0) is 31.5. The van der Waals surface area contributed by atoms with Gasteiger partial charge in [-0.15, -0.1) is 0 Å². The Morgan fingerprint density at radius 3 is 1.27 bits per heavy atom. The summed E-state index contributed by atoms with van der Waals surface area (Å²) >= 11 is 0. The van der Waals surface area contributed by atoms with Gasteiger partial charge in [-0.25, -0.2) is 0 Å². The third-order valence-corrected chi connectivity index (χ3v) is 9.80. The molecule has 2 unspecified atom stereocenters. The normalized spacial score (nSPS) is 12.7. The van der Waals surface area contributed by atoms with Crippen LogP contribution in [-0.2, 0) is 0 Å². The Hall–Kier alpha value is -1.50. The lowest BCUT2D eigenvalue weighted by Crippen LogP contribution is -2.23. The van der Waals surface area contributed by atoms with Gasteiger partial charge in [0.1, 0.15) is 11.5 Å². The van der Waals surface area contributed by atoms with Crippen molar-refractivity contribution >= 4 is 21.6 Å². The monoisotopic (exact) mass is 650 g/mol. The number of rotatable bonds is 29. The molecule has 2 aromatic carbocycles. The van der Waals surface area contributed by atoms with E-state index in [-0.39, 0.29) is 0 Å². The second-order valence-corrected chi connectivity index (χ2v) is 13.6. The molecule has 0 radical (unpaired) electrons. The van der Waals surface area contributed by atoms with Crippen LogP contribution in [0.15, 0.2) is 48.5 Å². The lowest BCUT2D eigenvalue weighted by Gasteiger charge is -2.15. The van der Waals surface area contributed by atoms with Crippen LogP contribution >= 0.6 is 21.6 Å². The number of benzene rings is 2. The van der Waals surface area contributed by atoms with E-state index in [1.165, 1.54) is 38.5 Å². The molecule has 0 fully saturated rings. The Morgan fingerprint density at radius 1 is 0.523 bits per heavy atom. The molecule has 0 amide bonds. The van der Waals surface area contributed by atoms with E-state index >= 15 is 0 Å². The molecule has 250 valence electrons. The Kier molecular flexibility index (Phi) is 23.5. The van der Waals surface area contributed by atoms with Crippen molar-refractivity contribution in [2.75, 3.05) is 78.1 Å². The van der Waals surface area contributed by atoms with Crippen LogP contribution in [-0.4, -0.2) is 88.3 Å². The van der Waals surface area contributed by atoms with Crippen molar-refractivity contribution < 1.29 is 19.7 Å². The number of aliphatic hydroxyl groups excluding tert-OH is 2. The molecule has 0 aliphatic heterocycles. The summed E-state index contributed by atoms with van der Waals surface area (Å²) in [5.41, 5.74) is 1.68. The smallest absolute Gasteiger partial charge is 0.124 e. The first-order chi connectivity index (χ1) is 21.7. The zero-order valence-electron chi connectivity index (χ0n) is 27.0. The highest BCUT2D eigenvalue weighted by Crippen LogP contribution is 2.25. The fraction of sp³-hybridized carbons (Fsp3) is 0.647. The Balaban J connectivity index is 1.24. The second-order valence-electron chi connectivity index (χ2n) is 10.9. The molecular formula is C34H58N4O4S2. The summed E-state index contributed by atoms with van der Waals surface area (Å²) in [5.74, 6) is 3.77. The molecule has 0 aliphatic carbocycles. The van der Waals surface area contributed by atoms with Gasteiger partial charge in [-0.05, 0) is 64.0 Å². The van der Waals surface area contributed by atoms with Crippen molar-refractivity contribution in [2.24, 2.45) is 0 Å². The molecular weight excluding hydrogens is 593 g/mol. The summed E-state index contributed by atoms with van der Waals surface area (Å²) in [6.45, 7) is 7.28. The van der Waals surface area contributed by atoms with Crippen molar-refractivity contribution in [2.45, 2.75) is 63.6 Å². The highest BCUT2D eigenvalue weighted by atomic mass is 33.1. The molecule has 8 nitrogen and oxygen atoms in total. The standard InChI is InChI=1S/C34H58N4O4S2/c1-41-33-17-9-7-15-29(33)31(39)27-37-21-13-5-3-11-19-35-23-25-43-44-26-24-36-20-12-4-6-14-22-38-28-32(40)30-16-8-10-18-34(30)42-2/h7-10,15-18,31-32,35-40H,3-6,11-14,19-28H2,1-2H3. The van der Waals surface area contributed by atoms with Crippen LogP contribution in [0.5, 0.6) is 11.5 Å². The highest BCUT2D eigenvalue weighted by Gasteiger charge is 2.12. The summed E-state index contributed by atoms with van der Waals surface area (Å²) in [4.78, 5) is 0. The van der Waals surface area contributed by atoms with E-state index in [9.17, 15) is 10.2 Å². The first-order valence-electron chi connectivity index (χ1n) is 16.4. The van der Waals surface area contributed by atoms with Crippen LogP contribution < -0.4 is 30.7 Å². The molecule has 0 saturated heterocycles. The van der Waals surface area contributed by atoms with Crippen LogP contribution in [0, 0.1) is 0 Å². The fourth-order valence-electron chi connectivity index (χ4n) is 4.88. The van der Waals surface area contributed by atoms with Gasteiger partial charge in [-0.2, -0.15) is 0 Å². The third-order valence-electron chi connectivity index (χ3n) is 7.39. The van der Waals surface area contributed by atoms with Crippen molar-refractivity contribution in [1.29, 1.82) is 0 Å². The Bertz CT molecular complexity index is 884. The summed E-state index contributed by atoms with van der Waals surface area (Å²) in [6.07, 6.45) is 8.52. The van der Waals surface area contributed by atoms with E-state index in [1.807, 2.05) is 70.1 Å². The molecule has 0 saturated carbocycles. The maximum absolute atomic E-state index is 10.4. The van der Waals surface area contributed by atoms with E-state index in [4.69, 9.17) is 9.47 Å². The van der Waals surface area contributed by atoms with Gasteiger partial charge in [0.25, 0.3) is 0 Å². The number of nitrogens with one attached hydrogen (secondary N) is 4. The van der Waals surface area contributed by atoms with Crippen molar-refractivity contribution in [3.63, 3.8) is 0 Å². The lowest BCUT2D eigenvalue weighted by molar-refractivity contribution is 0.170. The third kappa shape index (κ3) is 17.8. The lowest BCUT2D eigenvalue weighted by atomic mass is 10.1. The van der Waals surface area contributed by atoms with E-state index in [2.05, 4.69) is 21.3 Å². The quantitative estimate of drug-likeness (QED) is 0.0511. The van der Waals surface area contributed by atoms with Gasteiger partial charge in [-0.3, -0.25) is 0 Å². The number of hydrogen-bond acceptors (Lipinski definition) is 10. The van der Waals surface area contributed by atoms with Gasteiger partial charge < -0.3 is 41.0 Å². The number of hydrogen-bond donors (Lipinski definition) is 6. The van der Waals surface area contributed by atoms with Crippen molar-refractivity contribution in [3.05, 3.63) is 59.7 Å². The minimum atomic E-state index is -0.545. The summed E-state index contributed by atoms with van der Waals surface area (Å²) in [6, 6.07) is 15.3. The molecule has 0 aliphatic rings. The first-order valence-corrected chi connectivity index (χ1v) is 18.9. The van der Waals surface area contributed by atoms with E-state index < -0.39 is 12.2 Å². The average Bonchev–Trinajstić information content (AvgIpc) is 3.06. The topological polar surface area (TPSA) is 107 Å². The van der Waals surface area contributed by atoms with Crippen LogP contribution in [0.1, 0.15) is 74.7 Å². The Morgan fingerprint density at radius 2 is 0.886 bits per heavy atom. The van der Waals surface area contributed by atoms with Crippen molar-refractivity contribution in [1.82, 2.24) is 21.3 Å². The van der Waals surface area contributed by atoms with Gasteiger partial charge in [0.2, 0.25) is 0 Å². The fourth-order valence-corrected chi connectivity index (χ4v) is 6.78. The van der Waals surface area contributed by atoms with E-state index in [0.29, 0.717) is 13.1 Å². The van der Waals surface area contributed by atoms with Gasteiger partial charge in [-0.1, -0.05) is 83.7 Å². The van der Waals surface area contributed by atoms with E-state index in [0.717, 1.165) is 86.2 Å². The minimum absolute atomic E-state index is 0.545. The van der Waals surface area contributed by atoms with Gasteiger partial charge in [0.15, 0.2) is 0 Å². The molecule has 6 N–H and O–H groups in total. The number of aliphatic hydroxyl groups is 2. The zero-order valence-corrected chi connectivity index (χ0v) is 28.7. The number of para-hydroxylation sites is 2. The minimum Gasteiger partial charge on any atom is -0.496 e. The van der Waals surface area contributed by atoms with Gasteiger partial charge in [0.05, 0.1) is 26.4 Å². The molecule has 2 rings (SSSR count). The van der Waals surface area contributed by atoms with E-state index in [1.54, 1.807) is 14.2 Å². The van der Waals surface area contributed by atoms with Crippen LogP contribution in [0.25, 0.3) is 0 Å². The SMILES string of the molecule is COc1ccccc1C(O)CNCCCCCCNCCSSCCNCCCCCCNCC(O)c1ccccc1OC. The average molecular weight is 651 g/mol. The summed E-state index contributed by atoms with van der Waals surface area (Å²) < 4.78 is 10.7. The molecule has 0 bridgehead atoms. The highest BCUT2D eigenvalue weighted by molar-refractivity contribution is 8.76. The number of ether oxygens (including phenoxy) is 2. The summed E-state index contributed by atoms with van der Waals surface area (Å²) in [5, 5.41) is 34.6. The van der Waals surface area contributed by atoms with Gasteiger partial charge >= 0.3 is 0 Å². The molecule has 0 heterocycles. The van der Waals surface area contributed by atoms with Crippen molar-refractivity contribution in [3.8, 4) is 11.5 Å². The van der Waals surface area contributed by atoms with Crippen LogP contribution in [0.2, 0.25) is 0 Å².